The van der Waals surface area contributed by atoms with Gasteiger partial charge in [-0.05, 0) is 48.2 Å². The maximum absolute atomic E-state index is 12.4. The van der Waals surface area contributed by atoms with Gasteiger partial charge in [-0.2, -0.15) is 0 Å². The minimum Gasteiger partial charge on any atom is -0.496 e. The lowest BCUT2D eigenvalue weighted by molar-refractivity contribution is 0.0940. The van der Waals surface area contributed by atoms with Crippen LogP contribution in [0.15, 0.2) is 53.0 Å². The van der Waals surface area contributed by atoms with Crippen LogP contribution < -0.4 is 10.1 Å². The summed E-state index contributed by atoms with van der Waals surface area (Å²) in [5, 5.41) is 3.00. The summed E-state index contributed by atoms with van der Waals surface area (Å²) in [6.45, 7) is 0.494. The van der Waals surface area contributed by atoms with Crippen molar-refractivity contribution in [2.24, 2.45) is 0 Å². The van der Waals surface area contributed by atoms with Crippen molar-refractivity contribution in [1.29, 1.82) is 0 Å². The van der Waals surface area contributed by atoms with Crippen LogP contribution in [-0.4, -0.2) is 38.6 Å². The molecule has 1 atom stereocenters. The normalized spacial score (nSPS) is 11.5. The molecule has 130 valence electrons. The lowest BCUT2D eigenvalue weighted by atomic mass is 10.0. The number of hydrogen-bond donors (Lipinski definition) is 1. The van der Waals surface area contributed by atoms with Crippen molar-refractivity contribution in [3.8, 4) is 5.75 Å². The molecule has 1 unspecified atom stereocenters. The summed E-state index contributed by atoms with van der Waals surface area (Å²) in [4.78, 5) is 14.5. The molecular weight excluding hydrogens is 392 g/mol. The van der Waals surface area contributed by atoms with E-state index in [1.54, 1.807) is 13.2 Å². The second-order valence-corrected chi connectivity index (χ2v) is 6.27. The van der Waals surface area contributed by atoms with Crippen molar-refractivity contribution in [2.75, 3.05) is 27.7 Å². The van der Waals surface area contributed by atoms with E-state index in [4.69, 9.17) is 4.74 Å². The van der Waals surface area contributed by atoms with Crippen LogP contribution in [-0.2, 0) is 0 Å². The van der Waals surface area contributed by atoms with E-state index in [1.165, 1.54) is 0 Å². The highest BCUT2D eigenvalue weighted by Crippen LogP contribution is 2.27. The van der Waals surface area contributed by atoms with Crippen LogP contribution in [0.3, 0.4) is 0 Å². The number of methoxy groups -OCH3 is 1. The number of hydrogen-bond acceptors (Lipinski definition) is 3. The highest BCUT2D eigenvalue weighted by molar-refractivity contribution is 9.10. The fraction of sp³-hybridized carbons (Fsp3) is 0.278. The molecule has 0 spiro atoms. The van der Waals surface area contributed by atoms with E-state index < -0.39 is 0 Å². The number of likely N-dealkylation sites (N-methyl/N-ethyl adjacent to an activating group) is 1. The molecule has 2 rings (SSSR count). The molecule has 0 aliphatic carbocycles. The Balaban J connectivity index is 0.00000288. The Morgan fingerprint density at radius 3 is 2.42 bits per heavy atom. The molecule has 2 aromatic rings. The van der Waals surface area contributed by atoms with E-state index in [0.29, 0.717) is 12.1 Å². The SMILES string of the molecule is COc1ccccc1C(CNC(=O)c1ccccc1Br)N(C)C.Cl. The molecule has 0 aromatic heterocycles. The first-order chi connectivity index (χ1) is 11.0. The highest BCUT2D eigenvalue weighted by atomic mass is 79.9. The van der Waals surface area contributed by atoms with Crippen LogP contribution in [0.5, 0.6) is 5.75 Å². The summed E-state index contributed by atoms with van der Waals surface area (Å²) >= 11 is 3.41. The van der Waals surface area contributed by atoms with Crippen LogP contribution in [0.4, 0.5) is 0 Å². The lowest BCUT2D eigenvalue weighted by Crippen LogP contribution is -2.34. The lowest BCUT2D eigenvalue weighted by Gasteiger charge is -2.26. The van der Waals surface area contributed by atoms with Crippen molar-refractivity contribution >= 4 is 34.2 Å². The van der Waals surface area contributed by atoms with Gasteiger partial charge in [0.25, 0.3) is 5.91 Å². The molecule has 0 saturated carbocycles. The zero-order chi connectivity index (χ0) is 16.8. The molecule has 0 bridgehead atoms. The first kappa shape index (κ1) is 20.5. The smallest absolute Gasteiger partial charge is 0.252 e. The molecule has 6 heteroatoms. The van der Waals surface area contributed by atoms with Crippen LogP contribution in [0, 0.1) is 0 Å². The quantitative estimate of drug-likeness (QED) is 0.780. The molecule has 1 amide bonds. The van der Waals surface area contributed by atoms with Gasteiger partial charge in [-0.1, -0.05) is 30.3 Å². The van der Waals surface area contributed by atoms with Gasteiger partial charge in [-0.25, -0.2) is 0 Å². The predicted molar refractivity (Wildman–Crippen MR) is 103 cm³/mol. The first-order valence-electron chi connectivity index (χ1n) is 7.36. The maximum Gasteiger partial charge on any atom is 0.252 e. The largest absolute Gasteiger partial charge is 0.496 e. The number of carbonyl (C=O) groups excluding carboxylic acids is 1. The van der Waals surface area contributed by atoms with Crippen LogP contribution in [0.1, 0.15) is 22.0 Å². The standard InChI is InChI=1S/C18H21BrN2O2.ClH/c1-21(2)16(14-9-5-7-11-17(14)23-3)12-20-18(22)13-8-4-6-10-15(13)19;/h4-11,16H,12H2,1-3H3,(H,20,22);1H. The Kier molecular flexibility index (Phi) is 8.25. The zero-order valence-electron chi connectivity index (χ0n) is 14.0. The number of nitrogens with one attached hydrogen (secondary N) is 1. The fourth-order valence-electron chi connectivity index (χ4n) is 2.44. The topological polar surface area (TPSA) is 41.6 Å². The first-order valence-corrected chi connectivity index (χ1v) is 8.16. The van der Waals surface area contributed by atoms with Crippen molar-refractivity contribution in [3.05, 3.63) is 64.1 Å². The highest BCUT2D eigenvalue weighted by Gasteiger charge is 2.19. The summed E-state index contributed by atoms with van der Waals surface area (Å²) in [5.74, 6) is 0.723. The van der Waals surface area contributed by atoms with Gasteiger partial charge in [-0.3, -0.25) is 4.79 Å². The van der Waals surface area contributed by atoms with Gasteiger partial charge in [0.15, 0.2) is 0 Å². The van der Waals surface area contributed by atoms with Crippen molar-refractivity contribution in [1.82, 2.24) is 10.2 Å². The number of nitrogens with zero attached hydrogens (tertiary/aromatic N) is 1. The van der Waals surface area contributed by atoms with E-state index in [-0.39, 0.29) is 24.4 Å². The number of ether oxygens (including phenoxy) is 1. The maximum atomic E-state index is 12.4. The summed E-state index contributed by atoms with van der Waals surface area (Å²) in [5.41, 5.74) is 1.68. The third-order valence-corrected chi connectivity index (χ3v) is 4.39. The summed E-state index contributed by atoms with van der Waals surface area (Å²) in [6, 6.07) is 15.3. The molecule has 2 aromatic carbocycles. The number of amides is 1. The number of rotatable bonds is 6. The van der Waals surface area contributed by atoms with E-state index in [9.17, 15) is 4.79 Å². The number of para-hydroxylation sites is 1. The summed E-state index contributed by atoms with van der Waals surface area (Å²) < 4.78 is 6.23. The molecule has 0 aliphatic heterocycles. The Morgan fingerprint density at radius 1 is 1.17 bits per heavy atom. The summed E-state index contributed by atoms with van der Waals surface area (Å²) in [6.07, 6.45) is 0. The minimum atomic E-state index is -0.0979. The van der Waals surface area contributed by atoms with Crippen LogP contribution in [0.25, 0.3) is 0 Å². The average molecular weight is 414 g/mol. The predicted octanol–water partition coefficient (Wildman–Crippen LogP) is 3.91. The fourth-order valence-corrected chi connectivity index (χ4v) is 2.91. The molecule has 0 aliphatic rings. The van der Waals surface area contributed by atoms with E-state index in [2.05, 4.69) is 26.1 Å². The monoisotopic (exact) mass is 412 g/mol. The van der Waals surface area contributed by atoms with Crippen LogP contribution >= 0.6 is 28.3 Å². The zero-order valence-corrected chi connectivity index (χ0v) is 16.4. The number of halogens is 2. The molecule has 4 nitrogen and oxygen atoms in total. The second-order valence-electron chi connectivity index (χ2n) is 5.41. The van der Waals surface area contributed by atoms with Gasteiger partial charge in [0, 0.05) is 16.6 Å². The second kappa shape index (κ2) is 9.67. The molecular formula is C18H22BrClN2O2. The average Bonchev–Trinajstić information content (AvgIpc) is 2.55. The van der Waals surface area contributed by atoms with Crippen molar-refractivity contribution < 1.29 is 9.53 Å². The van der Waals surface area contributed by atoms with E-state index >= 15 is 0 Å². The van der Waals surface area contributed by atoms with Gasteiger partial charge in [-0.15, -0.1) is 12.4 Å². The van der Waals surface area contributed by atoms with E-state index in [1.807, 2.05) is 56.6 Å². The molecule has 1 N–H and O–H groups in total. The third kappa shape index (κ3) is 4.97. The van der Waals surface area contributed by atoms with Crippen molar-refractivity contribution in [2.45, 2.75) is 6.04 Å². The molecule has 0 fully saturated rings. The Morgan fingerprint density at radius 2 is 1.79 bits per heavy atom. The van der Waals surface area contributed by atoms with Gasteiger partial charge in [0.05, 0.1) is 18.7 Å². The molecule has 24 heavy (non-hydrogen) atoms. The van der Waals surface area contributed by atoms with Gasteiger partial charge in [0.2, 0.25) is 0 Å². The van der Waals surface area contributed by atoms with Gasteiger partial charge < -0.3 is 15.0 Å². The molecule has 0 saturated heterocycles. The van der Waals surface area contributed by atoms with E-state index in [0.717, 1.165) is 15.8 Å². The Hall–Kier alpha value is -1.56. The Labute approximate surface area is 157 Å². The van der Waals surface area contributed by atoms with Crippen molar-refractivity contribution in [3.63, 3.8) is 0 Å². The molecule has 0 heterocycles. The minimum absolute atomic E-state index is 0. The Bertz CT molecular complexity index is 680. The van der Waals surface area contributed by atoms with Crippen LogP contribution in [0.2, 0.25) is 0 Å². The van der Waals surface area contributed by atoms with Gasteiger partial charge >= 0.3 is 0 Å². The van der Waals surface area contributed by atoms with Gasteiger partial charge in [0.1, 0.15) is 5.75 Å². The third-order valence-electron chi connectivity index (χ3n) is 3.70. The number of benzene rings is 2. The summed E-state index contributed by atoms with van der Waals surface area (Å²) in [7, 11) is 5.63. The molecule has 0 radical (unpaired) electrons. The number of carbonyl (C=O) groups is 1.